The molecular weight excluding hydrogens is 404 g/mol. The van der Waals surface area contributed by atoms with Gasteiger partial charge < -0.3 is 14.8 Å². The van der Waals surface area contributed by atoms with Crippen molar-refractivity contribution in [3.63, 3.8) is 0 Å². The summed E-state index contributed by atoms with van der Waals surface area (Å²) in [5, 5.41) is 17.5. The van der Waals surface area contributed by atoms with E-state index in [0.717, 1.165) is 36.9 Å². The molecule has 2 heterocycles. The SMILES string of the molecule is N#C/C(=C\c1cn(-c2ccccc2)nc1-c1ccc2c(c1)OCO2)C(=O)NC1CCCC1. The second kappa shape index (κ2) is 8.60. The smallest absolute Gasteiger partial charge is 0.262 e. The largest absolute Gasteiger partial charge is 0.454 e. The molecule has 1 saturated carbocycles. The van der Waals surface area contributed by atoms with Gasteiger partial charge in [-0.25, -0.2) is 4.68 Å². The van der Waals surface area contributed by atoms with Crippen LogP contribution in [0, 0.1) is 11.3 Å². The molecule has 5 rings (SSSR count). The summed E-state index contributed by atoms with van der Waals surface area (Å²) < 4.78 is 12.7. The predicted molar refractivity (Wildman–Crippen MR) is 119 cm³/mol. The number of nitriles is 1. The Bertz CT molecular complexity index is 1220. The van der Waals surface area contributed by atoms with E-state index in [1.54, 1.807) is 10.8 Å². The van der Waals surface area contributed by atoms with Crippen molar-refractivity contribution in [3.05, 3.63) is 65.9 Å². The van der Waals surface area contributed by atoms with E-state index in [4.69, 9.17) is 14.6 Å². The minimum absolute atomic E-state index is 0.0616. The predicted octanol–water partition coefficient (Wildman–Crippen LogP) is 4.23. The van der Waals surface area contributed by atoms with Crippen LogP contribution in [0.15, 0.2) is 60.3 Å². The lowest BCUT2D eigenvalue weighted by Crippen LogP contribution is -2.33. The highest BCUT2D eigenvalue weighted by molar-refractivity contribution is 6.02. The van der Waals surface area contributed by atoms with Crippen LogP contribution in [0.2, 0.25) is 0 Å². The first kappa shape index (κ1) is 19.9. The number of nitrogens with zero attached hydrogens (tertiary/aromatic N) is 3. The van der Waals surface area contributed by atoms with Crippen molar-refractivity contribution in [1.29, 1.82) is 5.26 Å². The molecule has 1 aromatic heterocycles. The lowest BCUT2D eigenvalue weighted by molar-refractivity contribution is -0.117. The lowest BCUT2D eigenvalue weighted by atomic mass is 10.0. The summed E-state index contributed by atoms with van der Waals surface area (Å²) in [7, 11) is 0. The molecule has 1 aliphatic carbocycles. The average molecular weight is 426 g/mol. The summed E-state index contributed by atoms with van der Waals surface area (Å²) >= 11 is 0. The van der Waals surface area contributed by atoms with E-state index in [2.05, 4.69) is 11.4 Å². The maximum absolute atomic E-state index is 12.7. The molecule has 1 N–H and O–H groups in total. The molecule has 0 unspecified atom stereocenters. The van der Waals surface area contributed by atoms with E-state index in [9.17, 15) is 10.1 Å². The van der Waals surface area contributed by atoms with Crippen molar-refractivity contribution in [2.75, 3.05) is 6.79 Å². The van der Waals surface area contributed by atoms with Crippen LogP contribution in [0.3, 0.4) is 0 Å². The summed E-state index contributed by atoms with van der Waals surface area (Å²) in [6, 6.07) is 17.5. The number of carbonyl (C=O) groups excluding carboxylic acids is 1. The Morgan fingerprint density at radius 1 is 1.12 bits per heavy atom. The molecule has 0 saturated heterocycles. The maximum atomic E-state index is 12.7. The molecule has 7 nitrogen and oxygen atoms in total. The molecule has 1 fully saturated rings. The first-order chi connectivity index (χ1) is 15.7. The van der Waals surface area contributed by atoms with Gasteiger partial charge in [0.05, 0.1) is 5.69 Å². The number of ether oxygens (including phenoxy) is 2. The Morgan fingerprint density at radius 2 is 1.91 bits per heavy atom. The van der Waals surface area contributed by atoms with E-state index in [1.165, 1.54) is 0 Å². The first-order valence-electron chi connectivity index (χ1n) is 10.7. The zero-order valence-corrected chi connectivity index (χ0v) is 17.5. The van der Waals surface area contributed by atoms with Gasteiger partial charge in [0, 0.05) is 23.4 Å². The van der Waals surface area contributed by atoms with Gasteiger partial charge in [-0.1, -0.05) is 31.0 Å². The lowest BCUT2D eigenvalue weighted by Gasteiger charge is -2.10. The van der Waals surface area contributed by atoms with Crippen LogP contribution in [0.5, 0.6) is 11.5 Å². The van der Waals surface area contributed by atoms with Crippen molar-refractivity contribution >= 4 is 12.0 Å². The Balaban J connectivity index is 1.55. The molecule has 3 aromatic rings. The van der Waals surface area contributed by atoms with Crippen LogP contribution in [-0.4, -0.2) is 28.5 Å². The third-order valence-corrected chi connectivity index (χ3v) is 5.76. The number of para-hydroxylation sites is 1. The minimum Gasteiger partial charge on any atom is -0.454 e. The van der Waals surface area contributed by atoms with Crippen LogP contribution in [0.4, 0.5) is 0 Å². The molecule has 0 atom stereocenters. The molecule has 1 aliphatic heterocycles. The normalized spacial score (nSPS) is 15.5. The number of amides is 1. The third kappa shape index (κ3) is 3.95. The molecule has 0 radical (unpaired) electrons. The number of hydrogen-bond acceptors (Lipinski definition) is 5. The highest BCUT2D eigenvalue weighted by Crippen LogP contribution is 2.37. The average Bonchev–Trinajstić information content (AvgIpc) is 3.58. The number of benzene rings is 2. The summed E-state index contributed by atoms with van der Waals surface area (Å²) in [6.45, 7) is 0.184. The van der Waals surface area contributed by atoms with Crippen LogP contribution in [-0.2, 0) is 4.79 Å². The molecule has 32 heavy (non-hydrogen) atoms. The van der Waals surface area contributed by atoms with Crippen LogP contribution >= 0.6 is 0 Å². The van der Waals surface area contributed by atoms with Crippen LogP contribution < -0.4 is 14.8 Å². The second-order valence-electron chi connectivity index (χ2n) is 7.91. The Hall–Kier alpha value is -4.05. The highest BCUT2D eigenvalue weighted by Gasteiger charge is 2.21. The standard InChI is InChI=1S/C25H22N4O3/c26-14-18(25(30)27-20-6-4-5-7-20)12-19-15-29(21-8-2-1-3-9-21)28-24(19)17-10-11-22-23(13-17)32-16-31-22/h1-3,8-13,15,20H,4-7,16H2,(H,27,30)/b18-12+. The zero-order chi connectivity index (χ0) is 21.9. The number of aromatic nitrogens is 2. The van der Waals surface area contributed by atoms with Gasteiger partial charge in [-0.3, -0.25) is 4.79 Å². The second-order valence-corrected chi connectivity index (χ2v) is 7.91. The van der Waals surface area contributed by atoms with E-state index >= 15 is 0 Å². The number of hydrogen-bond donors (Lipinski definition) is 1. The van der Waals surface area contributed by atoms with Gasteiger partial charge >= 0.3 is 0 Å². The Labute approximate surface area is 185 Å². The van der Waals surface area contributed by atoms with Gasteiger partial charge in [0.1, 0.15) is 17.3 Å². The summed E-state index contributed by atoms with van der Waals surface area (Å²) in [4.78, 5) is 12.7. The highest BCUT2D eigenvalue weighted by atomic mass is 16.7. The number of carbonyl (C=O) groups is 1. The molecule has 7 heteroatoms. The fourth-order valence-electron chi connectivity index (χ4n) is 4.11. The van der Waals surface area contributed by atoms with Crippen LogP contribution in [0.25, 0.3) is 23.0 Å². The van der Waals surface area contributed by atoms with Crippen molar-refractivity contribution in [3.8, 4) is 34.5 Å². The zero-order valence-electron chi connectivity index (χ0n) is 17.5. The molecular formula is C25H22N4O3. The third-order valence-electron chi connectivity index (χ3n) is 5.76. The van der Waals surface area contributed by atoms with E-state index in [1.807, 2.05) is 54.7 Å². The van der Waals surface area contributed by atoms with E-state index in [0.29, 0.717) is 22.8 Å². The van der Waals surface area contributed by atoms with Crippen molar-refractivity contribution in [1.82, 2.24) is 15.1 Å². The fraction of sp³-hybridized carbons (Fsp3) is 0.240. The van der Waals surface area contributed by atoms with Gasteiger partial charge in [-0.15, -0.1) is 0 Å². The van der Waals surface area contributed by atoms with Crippen molar-refractivity contribution < 1.29 is 14.3 Å². The molecule has 160 valence electrons. The number of nitrogens with one attached hydrogen (secondary N) is 1. The van der Waals surface area contributed by atoms with E-state index < -0.39 is 0 Å². The molecule has 0 spiro atoms. The Kier molecular flexibility index (Phi) is 5.34. The topological polar surface area (TPSA) is 89.2 Å². The van der Waals surface area contributed by atoms with Crippen molar-refractivity contribution in [2.45, 2.75) is 31.7 Å². The number of rotatable bonds is 5. The van der Waals surface area contributed by atoms with Gasteiger partial charge in [0.25, 0.3) is 5.91 Å². The number of fused-ring (bicyclic) bond motifs is 1. The van der Waals surface area contributed by atoms with Gasteiger partial charge in [0.2, 0.25) is 6.79 Å². The molecule has 2 aromatic carbocycles. The first-order valence-corrected chi connectivity index (χ1v) is 10.7. The fourth-order valence-corrected chi connectivity index (χ4v) is 4.11. The Morgan fingerprint density at radius 3 is 2.69 bits per heavy atom. The van der Waals surface area contributed by atoms with E-state index in [-0.39, 0.29) is 24.3 Å². The molecule has 2 aliphatic rings. The maximum Gasteiger partial charge on any atom is 0.262 e. The summed E-state index contributed by atoms with van der Waals surface area (Å²) in [5.41, 5.74) is 3.07. The van der Waals surface area contributed by atoms with Gasteiger partial charge in [0.15, 0.2) is 11.5 Å². The summed E-state index contributed by atoms with van der Waals surface area (Å²) in [6.07, 6.45) is 7.56. The van der Waals surface area contributed by atoms with Crippen LogP contribution in [0.1, 0.15) is 31.2 Å². The van der Waals surface area contributed by atoms with Gasteiger partial charge in [-0.05, 0) is 49.2 Å². The van der Waals surface area contributed by atoms with Gasteiger partial charge in [-0.2, -0.15) is 10.4 Å². The summed E-state index contributed by atoms with van der Waals surface area (Å²) in [5.74, 6) is 0.983. The molecule has 0 bridgehead atoms. The quantitative estimate of drug-likeness (QED) is 0.487. The van der Waals surface area contributed by atoms with Crippen molar-refractivity contribution in [2.24, 2.45) is 0 Å². The monoisotopic (exact) mass is 426 g/mol. The molecule has 1 amide bonds. The minimum atomic E-state index is -0.344.